The van der Waals surface area contributed by atoms with E-state index in [1.54, 1.807) is 24.3 Å². The molecular weight excluding hydrogens is 274 g/mol. The fourth-order valence-corrected chi connectivity index (χ4v) is 2.06. The zero-order valence-corrected chi connectivity index (χ0v) is 11.7. The highest BCUT2D eigenvalue weighted by molar-refractivity contribution is 6.30. The van der Waals surface area contributed by atoms with Crippen LogP contribution in [0.5, 0.6) is 0 Å². The number of benzene rings is 2. The highest BCUT2D eigenvalue weighted by atomic mass is 35.5. The molecule has 0 aliphatic heterocycles. The van der Waals surface area contributed by atoms with E-state index in [2.05, 4.69) is 5.32 Å². The maximum atomic E-state index is 12.1. The van der Waals surface area contributed by atoms with Crippen molar-refractivity contribution in [3.63, 3.8) is 0 Å². The van der Waals surface area contributed by atoms with E-state index >= 15 is 0 Å². The molecule has 1 amide bonds. The first kappa shape index (κ1) is 14.6. The fraction of sp³-hybridized carbons (Fsp3) is 0.188. The number of nitrogens with one attached hydrogen (secondary N) is 1. The van der Waals surface area contributed by atoms with Crippen molar-refractivity contribution < 1.29 is 9.90 Å². The minimum absolute atomic E-state index is 0.103. The molecule has 1 atom stereocenters. The van der Waals surface area contributed by atoms with E-state index in [0.717, 1.165) is 5.56 Å². The van der Waals surface area contributed by atoms with Gasteiger partial charge in [0.15, 0.2) is 0 Å². The molecule has 104 valence electrons. The van der Waals surface area contributed by atoms with Crippen molar-refractivity contribution in [3.8, 4) is 0 Å². The minimum atomic E-state index is -0.305. The van der Waals surface area contributed by atoms with Crippen molar-refractivity contribution in [2.24, 2.45) is 0 Å². The van der Waals surface area contributed by atoms with Gasteiger partial charge in [0.2, 0.25) is 0 Å². The number of halogens is 1. The summed E-state index contributed by atoms with van der Waals surface area (Å²) in [5.41, 5.74) is 1.60. The number of carbonyl (C=O) groups is 1. The lowest BCUT2D eigenvalue weighted by Crippen LogP contribution is -2.39. The summed E-state index contributed by atoms with van der Waals surface area (Å²) >= 11 is 5.78. The molecule has 0 radical (unpaired) electrons. The van der Waals surface area contributed by atoms with Crippen molar-refractivity contribution >= 4 is 17.5 Å². The van der Waals surface area contributed by atoms with Crippen LogP contribution < -0.4 is 5.32 Å². The maximum absolute atomic E-state index is 12.1. The number of hydrogen-bond acceptors (Lipinski definition) is 2. The van der Waals surface area contributed by atoms with Crippen LogP contribution in [0.1, 0.15) is 15.9 Å². The Labute approximate surface area is 123 Å². The number of hydrogen-bond donors (Lipinski definition) is 2. The molecule has 0 aromatic heterocycles. The van der Waals surface area contributed by atoms with Crippen LogP contribution in [0.15, 0.2) is 54.6 Å². The molecule has 0 fully saturated rings. The van der Waals surface area contributed by atoms with Crippen LogP contribution in [0.4, 0.5) is 0 Å². The molecule has 0 bridgehead atoms. The third-order valence-electron chi connectivity index (χ3n) is 2.99. The molecule has 0 aliphatic rings. The first-order valence-corrected chi connectivity index (χ1v) is 6.78. The van der Waals surface area contributed by atoms with E-state index in [4.69, 9.17) is 11.6 Å². The van der Waals surface area contributed by atoms with Crippen molar-refractivity contribution in [1.82, 2.24) is 5.32 Å². The number of aliphatic hydroxyl groups is 1. The second kappa shape index (κ2) is 7.08. The molecule has 2 aromatic carbocycles. The lowest BCUT2D eigenvalue weighted by molar-refractivity contribution is 0.0916. The smallest absolute Gasteiger partial charge is 0.251 e. The zero-order valence-electron chi connectivity index (χ0n) is 10.9. The van der Waals surface area contributed by atoms with Crippen LogP contribution in [-0.2, 0) is 6.42 Å². The van der Waals surface area contributed by atoms with E-state index in [-0.39, 0.29) is 18.6 Å². The molecular formula is C16H16ClNO2. The molecule has 2 N–H and O–H groups in total. The Morgan fingerprint density at radius 1 is 1.10 bits per heavy atom. The van der Waals surface area contributed by atoms with Gasteiger partial charge < -0.3 is 10.4 Å². The SMILES string of the molecule is O=C(N[C@@H](CO)Cc1ccccc1)c1ccc(Cl)cc1. The Balaban J connectivity index is 1.99. The average Bonchev–Trinajstić information content (AvgIpc) is 2.48. The molecule has 0 saturated heterocycles. The Hall–Kier alpha value is -1.84. The number of amides is 1. The number of aliphatic hydroxyl groups excluding tert-OH is 1. The standard InChI is InChI=1S/C16H16ClNO2/c17-14-8-6-13(7-9-14)16(20)18-15(11-19)10-12-4-2-1-3-5-12/h1-9,15,19H,10-11H2,(H,18,20)/t15-/m1/s1. The van der Waals surface area contributed by atoms with Crippen molar-refractivity contribution in [1.29, 1.82) is 0 Å². The third kappa shape index (κ3) is 4.08. The lowest BCUT2D eigenvalue weighted by Gasteiger charge is -2.16. The van der Waals surface area contributed by atoms with Crippen LogP contribution in [0, 0.1) is 0 Å². The van der Waals surface area contributed by atoms with Crippen LogP contribution in [0.3, 0.4) is 0 Å². The van der Waals surface area contributed by atoms with Gasteiger partial charge in [0.1, 0.15) is 0 Å². The highest BCUT2D eigenvalue weighted by Crippen LogP contribution is 2.10. The van der Waals surface area contributed by atoms with Gasteiger partial charge in [-0.05, 0) is 36.2 Å². The molecule has 3 nitrogen and oxygen atoms in total. The van der Waals surface area contributed by atoms with E-state index in [1.165, 1.54) is 0 Å². The molecule has 0 aliphatic carbocycles. The summed E-state index contributed by atoms with van der Waals surface area (Å²) in [7, 11) is 0. The van der Waals surface area contributed by atoms with Crippen LogP contribution in [0.2, 0.25) is 5.02 Å². The molecule has 0 unspecified atom stereocenters. The second-order valence-electron chi connectivity index (χ2n) is 4.55. The van der Waals surface area contributed by atoms with E-state index in [1.807, 2.05) is 30.3 Å². The number of carbonyl (C=O) groups excluding carboxylic acids is 1. The topological polar surface area (TPSA) is 49.3 Å². The quantitative estimate of drug-likeness (QED) is 0.889. The molecule has 2 aromatic rings. The average molecular weight is 290 g/mol. The summed E-state index contributed by atoms with van der Waals surface area (Å²) in [6.07, 6.45) is 0.594. The molecule has 0 spiro atoms. The summed E-state index contributed by atoms with van der Waals surface area (Å²) < 4.78 is 0. The zero-order chi connectivity index (χ0) is 14.4. The monoisotopic (exact) mass is 289 g/mol. The molecule has 2 rings (SSSR count). The van der Waals surface area contributed by atoms with Crippen molar-refractivity contribution in [2.75, 3.05) is 6.61 Å². The van der Waals surface area contributed by atoms with Gasteiger partial charge >= 0.3 is 0 Å². The fourth-order valence-electron chi connectivity index (χ4n) is 1.93. The Morgan fingerprint density at radius 3 is 2.35 bits per heavy atom. The van der Waals surface area contributed by atoms with E-state index < -0.39 is 0 Å². The van der Waals surface area contributed by atoms with Gasteiger partial charge in [-0.15, -0.1) is 0 Å². The molecule has 0 saturated carbocycles. The Bertz CT molecular complexity index is 554. The summed E-state index contributed by atoms with van der Waals surface area (Å²) in [5, 5.41) is 12.8. The minimum Gasteiger partial charge on any atom is -0.394 e. The predicted molar refractivity (Wildman–Crippen MR) is 79.9 cm³/mol. The first-order valence-electron chi connectivity index (χ1n) is 6.40. The maximum Gasteiger partial charge on any atom is 0.251 e. The largest absolute Gasteiger partial charge is 0.394 e. The van der Waals surface area contributed by atoms with Gasteiger partial charge in [-0.1, -0.05) is 41.9 Å². The second-order valence-corrected chi connectivity index (χ2v) is 4.99. The molecule has 4 heteroatoms. The summed E-state index contributed by atoms with van der Waals surface area (Å²) in [4.78, 5) is 12.1. The lowest BCUT2D eigenvalue weighted by atomic mass is 10.1. The van der Waals surface area contributed by atoms with Gasteiger partial charge in [0, 0.05) is 10.6 Å². The van der Waals surface area contributed by atoms with Gasteiger partial charge in [-0.3, -0.25) is 4.79 Å². The summed E-state index contributed by atoms with van der Waals surface area (Å²) in [5.74, 6) is -0.211. The van der Waals surface area contributed by atoms with E-state index in [0.29, 0.717) is 17.0 Å². The van der Waals surface area contributed by atoms with Gasteiger partial charge in [0.25, 0.3) is 5.91 Å². The Morgan fingerprint density at radius 2 is 1.75 bits per heavy atom. The molecule has 20 heavy (non-hydrogen) atoms. The van der Waals surface area contributed by atoms with Crippen LogP contribution in [0.25, 0.3) is 0 Å². The normalized spacial score (nSPS) is 11.9. The van der Waals surface area contributed by atoms with Gasteiger partial charge in [-0.25, -0.2) is 0 Å². The summed E-state index contributed by atoms with van der Waals surface area (Å²) in [6.45, 7) is -0.103. The van der Waals surface area contributed by atoms with E-state index in [9.17, 15) is 9.90 Å². The predicted octanol–water partition coefficient (Wildman–Crippen LogP) is 2.67. The van der Waals surface area contributed by atoms with Crippen molar-refractivity contribution in [2.45, 2.75) is 12.5 Å². The van der Waals surface area contributed by atoms with Crippen LogP contribution in [-0.4, -0.2) is 23.7 Å². The number of rotatable bonds is 5. The molecule has 0 heterocycles. The highest BCUT2D eigenvalue weighted by Gasteiger charge is 2.13. The van der Waals surface area contributed by atoms with Crippen LogP contribution >= 0.6 is 11.6 Å². The Kier molecular flexibility index (Phi) is 5.16. The summed E-state index contributed by atoms with van der Waals surface area (Å²) in [6, 6.07) is 16.1. The van der Waals surface area contributed by atoms with Gasteiger partial charge in [0.05, 0.1) is 12.6 Å². The third-order valence-corrected chi connectivity index (χ3v) is 3.24. The first-order chi connectivity index (χ1) is 9.69. The van der Waals surface area contributed by atoms with Crippen molar-refractivity contribution in [3.05, 3.63) is 70.7 Å². The van der Waals surface area contributed by atoms with Gasteiger partial charge in [-0.2, -0.15) is 0 Å².